The molecule has 0 atom stereocenters. The molecule has 1 amide bonds. The lowest BCUT2D eigenvalue weighted by atomic mass is 10.2. The highest BCUT2D eigenvalue weighted by Gasteiger charge is 2.17. The van der Waals surface area contributed by atoms with Gasteiger partial charge in [0.25, 0.3) is 5.91 Å². The summed E-state index contributed by atoms with van der Waals surface area (Å²) in [6, 6.07) is 9.82. The Bertz CT molecular complexity index is 326. The van der Waals surface area contributed by atoms with Gasteiger partial charge in [-0.25, -0.2) is 0 Å². The maximum absolute atomic E-state index is 11.7. The van der Waals surface area contributed by atoms with Gasteiger partial charge in [-0.2, -0.15) is 0 Å². The Morgan fingerprint density at radius 2 is 1.71 bits per heavy atom. The van der Waals surface area contributed by atoms with Gasteiger partial charge in [-0.3, -0.25) is 4.79 Å². The fraction of sp³-hybridized carbons (Fsp3) is 0.417. The Morgan fingerprint density at radius 3 is 2.24 bits per heavy atom. The van der Waals surface area contributed by atoms with Crippen LogP contribution in [0, 0.1) is 0 Å². The summed E-state index contributed by atoms with van der Waals surface area (Å²) in [5.41, 5.74) is 0.763. The van der Waals surface area contributed by atoms with Crippen LogP contribution in [0.15, 0.2) is 30.3 Å². The number of carbonyl (C=O) groups excluding carboxylic acids is 1. The van der Waals surface area contributed by atoms with Gasteiger partial charge in [-0.15, -0.1) is 0 Å². The quantitative estimate of drug-likeness (QED) is 0.665. The Kier molecular flexibility index (Phi) is 6.36. The van der Waals surface area contributed by atoms with Crippen molar-refractivity contribution in [3.8, 4) is 0 Å². The average molecular weight is 234 g/mol. The van der Waals surface area contributed by atoms with Gasteiger partial charge < -0.3 is 15.4 Å². The molecule has 2 rings (SSSR count). The lowest BCUT2D eigenvalue weighted by Crippen LogP contribution is -2.32. The second-order valence-corrected chi connectivity index (χ2v) is 3.94. The molecule has 0 unspecified atom stereocenters. The van der Waals surface area contributed by atoms with Crippen molar-refractivity contribution in [1.82, 2.24) is 5.32 Å². The molecule has 0 spiro atoms. The van der Waals surface area contributed by atoms with Crippen molar-refractivity contribution in [3.63, 3.8) is 0 Å². The van der Waals surface area contributed by atoms with Gasteiger partial charge in [0.2, 0.25) is 0 Å². The summed E-state index contributed by atoms with van der Waals surface area (Å²) < 4.78 is 0. The van der Waals surface area contributed by atoms with Crippen molar-refractivity contribution in [3.05, 3.63) is 35.9 Å². The molecule has 1 saturated carbocycles. The van der Waals surface area contributed by atoms with E-state index in [1.807, 2.05) is 30.3 Å². The molecule has 4 nitrogen and oxygen atoms in total. The third-order valence-electron chi connectivity index (χ3n) is 2.73. The second-order valence-electron chi connectivity index (χ2n) is 3.94. The zero-order valence-corrected chi connectivity index (χ0v) is 9.67. The van der Waals surface area contributed by atoms with Crippen molar-refractivity contribution >= 4 is 13.6 Å². The molecule has 0 bridgehead atoms. The van der Waals surface area contributed by atoms with Crippen LogP contribution in [0.3, 0.4) is 0 Å². The molecule has 1 aromatic rings. The van der Waals surface area contributed by atoms with Crippen LogP contribution in [-0.4, -0.2) is 29.7 Å². The number of amides is 1. The van der Waals surface area contributed by atoms with Crippen LogP contribution in [0.2, 0.25) is 0 Å². The van der Waals surface area contributed by atoms with E-state index in [-0.39, 0.29) is 13.6 Å². The van der Waals surface area contributed by atoms with Crippen molar-refractivity contribution < 1.29 is 14.8 Å². The fourth-order valence-corrected chi connectivity index (χ4v) is 1.93. The third-order valence-corrected chi connectivity index (χ3v) is 2.73. The van der Waals surface area contributed by atoms with Crippen LogP contribution in [-0.2, 0) is 0 Å². The van der Waals surface area contributed by atoms with E-state index in [1.165, 1.54) is 12.8 Å². The number of hydrogen-bond acceptors (Lipinski definition) is 3. The summed E-state index contributed by atoms with van der Waals surface area (Å²) in [6.07, 6.45) is 4.77. The molecule has 0 aliphatic heterocycles. The van der Waals surface area contributed by atoms with E-state index in [0.717, 1.165) is 18.4 Å². The Morgan fingerprint density at radius 1 is 1.18 bits per heavy atom. The lowest BCUT2D eigenvalue weighted by Gasteiger charge is -2.11. The zero-order chi connectivity index (χ0) is 12.5. The lowest BCUT2D eigenvalue weighted by molar-refractivity contribution is 0.0938. The molecule has 1 aliphatic carbocycles. The predicted octanol–water partition coefficient (Wildman–Crippen LogP) is 0.864. The van der Waals surface area contributed by atoms with Crippen molar-refractivity contribution in [1.29, 1.82) is 0 Å². The van der Waals surface area contributed by atoms with Crippen molar-refractivity contribution in [2.45, 2.75) is 31.7 Å². The highest BCUT2D eigenvalue weighted by atomic mass is 16.4. The van der Waals surface area contributed by atoms with Crippen LogP contribution in [0.1, 0.15) is 36.0 Å². The standard InChI is InChI=1S/C12H15NO.BH2O2/c14-12(10-6-2-1-3-7-10)13-11-8-4-5-9-11;2-1-3/h1-3,6-7,11H,4-5,8-9H2,(H,13,14);2-3H. The smallest absolute Gasteiger partial charge is 0.429 e. The summed E-state index contributed by atoms with van der Waals surface area (Å²) in [7, 11) is 0. The van der Waals surface area contributed by atoms with Gasteiger partial charge in [0.15, 0.2) is 0 Å². The Labute approximate surface area is 102 Å². The molecule has 1 aliphatic rings. The van der Waals surface area contributed by atoms with Crippen LogP contribution >= 0.6 is 0 Å². The van der Waals surface area contributed by atoms with E-state index >= 15 is 0 Å². The minimum atomic E-state index is 0. The fourth-order valence-electron chi connectivity index (χ4n) is 1.93. The number of nitrogens with one attached hydrogen (secondary N) is 1. The number of hydrogen-bond donors (Lipinski definition) is 3. The third kappa shape index (κ3) is 5.02. The molecular formula is C12H17BNO3. The van der Waals surface area contributed by atoms with Gasteiger partial charge in [-0.1, -0.05) is 31.0 Å². The van der Waals surface area contributed by atoms with Crippen molar-refractivity contribution in [2.75, 3.05) is 0 Å². The molecule has 91 valence electrons. The average Bonchev–Trinajstić information content (AvgIpc) is 2.84. The maximum atomic E-state index is 11.7. The SMILES string of the molecule is O=C(NC1CCCC1)c1ccccc1.O[B]O. The molecule has 3 N–H and O–H groups in total. The molecular weight excluding hydrogens is 217 g/mol. The minimum Gasteiger partial charge on any atom is -0.429 e. The van der Waals surface area contributed by atoms with Crippen LogP contribution in [0.4, 0.5) is 0 Å². The van der Waals surface area contributed by atoms with E-state index in [9.17, 15) is 4.79 Å². The maximum Gasteiger partial charge on any atom is 0.482 e. The van der Waals surface area contributed by atoms with E-state index < -0.39 is 0 Å². The monoisotopic (exact) mass is 234 g/mol. The minimum absolute atomic E-state index is 0. The molecule has 5 heteroatoms. The number of benzene rings is 1. The highest BCUT2D eigenvalue weighted by Crippen LogP contribution is 2.17. The molecule has 1 fully saturated rings. The zero-order valence-electron chi connectivity index (χ0n) is 9.67. The molecule has 1 aromatic carbocycles. The first-order valence-corrected chi connectivity index (χ1v) is 5.74. The van der Waals surface area contributed by atoms with E-state index in [1.54, 1.807) is 0 Å². The second kappa shape index (κ2) is 7.87. The predicted molar refractivity (Wildman–Crippen MR) is 66.4 cm³/mol. The topological polar surface area (TPSA) is 69.6 Å². The largest absolute Gasteiger partial charge is 0.482 e. The van der Waals surface area contributed by atoms with Gasteiger partial charge in [0.1, 0.15) is 0 Å². The van der Waals surface area contributed by atoms with Crippen molar-refractivity contribution in [2.24, 2.45) is 0 Å². The van der Waals surface area contributed by atoms with E-state index in [2.05, 4.69) is 5.32 Å². The summed E-state index contributed by atoms with van der Waals surface area (Å²) in [5, 5.41) is 17.1. The summed E-state index contributed by atoms with van der Waals surface area (Å²) in [6.45, 7) is 0. The molecule has 0 heterocycles. The van der Waals surface area contributed by atoms with Gasteiger partial charge >= 0.3 is 7.69 Å². The number of carbonyl (C=O) groups is 1. The van der Waals surface area contributed by atoms with Crippen LogP contribution in [0.5, 0.6) is 0 Å². The molecule has 0 aromatic heterocycles. The first-order chi connectivity index (χ1) is 8.27. The molecule has 17 heavy (non-hydrogen) atoms. The van der Waals surface area contributed by atoms with Crippen LogP contribution < -0.4 is 5.32 Å². The first-order valence-electron chi connectivity index (χ1n) is 5.74. The summed E-state index contributed by atoms with van der Waals surface area (Å²) >= 11 is 0. The molecule has 1 radical (unpaired) electrons. The first kappa shape index (κ1) is 13.7. The van der Waals surface area contributed by atoms with E-state index in [4.69, 9.17) is 10.0 Å². The van der Waals surface area contributed by atoms with E-state index in [0.29, 0.717) is 6.04 Å². The van der Waals surface area contributed by atoms with Gasteiger partial charge in [0, 0.05) is 11.6 Å². The normalized spacial score (nSPS) is 14.7. The van der Waals surface area contributed by atoms with Crippen LogP contribution in [0.25, 0.3) is 0 Å². The number of rotatable bonds is 2. The summed E-state index contributed by atoms with van der Waals surface area (Å²) in [5.74, 6) is 0.0671. The molecule has 0 saturated heterocycles. The highest BCUT2D eigenvalue weighted by molar-refractivity contribution is 6.13. The Balaban J connectivity index is 0.000000437. The van der Waals surface area contributed by atoms with Gasteiger partial charge in [0.05, 0.1) is 0 Å². The summed E-state index contributed by atoms with van der Waals surface area (Å²) in [4.78, 5) is 11.7. The Hall–Kier alpha value is -1.33. The van der Waals surface area contributed by atoms with Gasteiger partial charge in [-0.05, 0) is 25.0 Å².